The molecule has 0 aromatic heterocycles. The van der Waals surface area contributed by atoms with Crippen molar-refractivity contribution in [3.05, 3.63) is 12.3 Å². The van der Waals surface area contributed by atoms with Crippen molar-refractivity contribution >= 4 is 11.9 Å². The smallest absolute Gasteiger partial charge is 0.303 e. The first kappa shape index (κ1) is 15.5. The molecule has 1 aliphatic rings. The first-order valence-corrected chi connectivity index (χ1v) is 6.12. The van der Waals surface area contributed by atoms with Crippen molar-refractivity contribution < 1.29 is 28.5 Å². The summed E-state index contributed by atoms with van der Waals surface area (Å²) in [5.41, 5.74) is 0. The monoisotopic (exact) mass is 272 g/mol. The van der Waals surface area contributed by atoms with E-state index in [-0.39, 0.29) is 12.7 Å². The molecular weight excluding hydrogens is 252 g/mol. The standard InChI is InChI=1S/C13H20O6/c1-7(2)17-13-11(18-9(4)14)6-16-8(3)12(13)19-10(5)15/h7,11-13H,3,6H2,1-2,4-5H3/t11?,12?,13-/m0/s1. The number of ether oxygens (including phenoxy) is 4. The van der Waals surface area contributed by atoms with Crippen LogP contribution in [0.25, 0.3) is 0 Å². The molecule has 1 saturated heterocycles. The minimum absolute atomic E-state index is 0.119. The molecule has 1 rings (SSSR count). The zero-order valence-electron chi connectivity index (χ0n) is 11.7. The van der Waals surface area contributed by atoms with Crippen molar-refractivity contribution in [1.82, 2.24) is 0 Å². The lowest BCUT2D eigenvalue weighted by atomic mass is 10.0. The SMILES string of the molecule is C=C1OCC(OC(C)=O)[C@H](OC(C)C)C1OC(C)=O. The van der Waals surface area contributed by atoms with Gasteiger partial charge in [-0.25, -0.2) is 0 Å². The second kappa shape index (κ2) is 6.56. The van der Waals surface area contributed by atoms with Gasteiger partial charge in [-0.3, -0.25) is 9.59 Å². The Bertz CT molecular complexity index is 362. The van der Waals surface area contributed by atoms with Crippen LogP contribution in [0.5, 0.6) is 0 Å². The first-order valence-electron chi connectivity index (χ1n) is 6.12. The van der Waals surface area contributed by atoms with E-state index in [1.54, 1.807) is 0 Å². The Morgan fingerprint density at radius 2 is 1.84 bits per heavy atom. The Balaban J connectivity index is 2.90. The fraction of sp³-hybridized carbons (Fsp3) is 0.692. The van der Waals surface area contributed by atoms with Crippen molar-refractivity contribution in [2.24, 2.45) is 0 Å². The van der Waals surface area contributed by atoms with Crippen LogP contribution in [0.2, 0.25) is 0 Å². The largest absolute Gasteiger partial charge is 0.491 e. The molecule has 0 saturated carbocycles. The van der Waals surface area contributed by atoms with Crippen LogP contribution in [-0.4, -0.2) is 43.0 Å². The summed E-state index contributed by atoms with van der Waals surface area (Å²) in [5, 5.41) is 0. The molecule has 0 amide bonds. The van der Waals surface area contributed by atoms with Gasteiger partial charge in [0.1, 0.15) is 18.5 Å². The lowest BCUT2D eigenvalue weighted by Gasteiger charge is -2.38. The van der Waals surface area contributed by atoms with Gasteiger partial charge >= 0.3 is 11.9 Å². The molecule has 0 radical (unpaired) electrons. The molecule has 0 spiro atoms. The average molecular weight is 272 g/mol. The number of esters is 2. The number of carbonyl (C=O) groups is 2. The summed E-state index contributed by atoms with van der Waals surface area (Å²) in [4.78, 5) is 22.2. The molecule has 0 bridgehead atoms. The van der Waals surface area contributed by atoms with Gasteiger partial charge in [0.25, 0.3) is 0 Å². The highest BCUT2D eigenvalue weighted by molar-refractivity contribution is 5.67. The number of carbonyl (C=O) groups excluding carboxylic acids is 2. The molecule has 19 heavy (non-hydrogen) atoms. The molecule has 3 atom stereocenters. The molecule has 108 valence electrons. The Labute approximate surface area is 112 Å². The molecule has 0 aromatic rings. The van der Waals surface area contributed by atoms with Crippen LogP contribution in [0, 0.1) is 0 Å². The van der Waals surface area contributed by atoms with Crippen molar-refractivity contribution in [2.75, 3.05) is 6.61 Å². The summed E-state index contributed by atoms with van der Waals surface area (Å²) in [6, 6.07) is 0. The van der Waals surface area contributed by atoms with E-state index in [4.69, 9.17) is 18.9 Å². The zero-order chi connectivity index (χ0) is 14.6. The van der Waals surface area contributed by atoms with Crippen LogP contribution in [-0.2, 0) is 28.5 Å². The molecule has 0 N–H and O–H groups in total. The predicted molar refractivity (Wildman–Crippen MR) is 66.2 cm³/mol. The Morgan fingerprint density at radius 1 is 1.26 bits per heavy atom. The van der Waals surface area contributed by atoms with Crippen molar-refractivity contribution in [1.29, 1.82) is 0 Å². The van der Waals surface area contributed by atoms with Crippen LogP contribution in [0.15, 0.2) is 12.3 Å². The Morgan fingerprint density at radius 3 is 2.32 bits per heavy atom. The fourth-order valence-corrected chi connectivity index (χ4v) is 1.84. The van der Waals surface area contributed by atoms with Crippen LogP contribution in [0.4, 0.5) is 0 Å². The van der Waals surface area contributed by atoms with Crippen molar-refractivity contribution in [2.45, 2.75) is 52.1 Å². The van der Waals surface area contributed by atoms with Crippen molar-refractivity contribution in [3.8, 4) is 0 Å². The number of rotatable bonds is 4. The van der Waals surface area contributed by atoms with Gasteiger partial charge in [-0.2, -0.15) is 0 Å². The van der Waals surface area contributed by atoms with Crippen LogP contribution >= 0.6 is 0 Å². The molecule has 1 fully saturated rings. The van der Waals surface area contributed by atoms with E-state index >= 15 is 0 Å². The third kappa shape index (κ3) is 4.55. The Kier molecular flexibility index (Phi) is 5.35. The van der Waals surface area contributed by atoms with Gasteiger partial charge in [0, 0.05) is 13.8 Å². The highest BCUT2D eigenvalue weighted by Gasteiger charge is 2.42. The quantitative estimate of drug-likeness (QED) is 0.716. The predicted octanol–water partition coefficient (Wildman–Crippen LogP) is 1.19. The maximum Gasteiger partial charge on any atom is 0.303 e. The number of hydrogen-bond acceptors (Lipinski definition) is 6. The molecule has 2 unspecified atom stereocenters. The van der Waals surface area contributed by atoms with E-state index in [1.165, 1.54) is 13.8 Å². The summed E-state index contributed by atoms with van der Waals surface area (Å²) in [6.07, 6.45) is -2.14. The van der Waals surface area contributed by atoms with Crippen LogP contribution in [0.3, 0.4) is 0 Å². The minimum atomic E-state index is -0.780. The van der Waals surface area contributed by atoms with E-state index in [0.29, 0.717) is 5.76 Å². The van der Waals surface area contributed by atoms with E-state index in [0.717, 1.165) is 0 Å². The third-order valence-electron chi connectivity index (χ3n) is 2.45. The van der Waals surface area contributed by atoms with E-state index in [2.05, 4.69) is 6.58 Å². The first-order chi connectivity index (χ1) is 8.81. The molecular formula is C13H20O6. The third-order valence-corrected chi connectivity index (χ3v) is 2.45. The average Bonchev–Trinajstić information content (AvgIpc) is 2.25. The summed E-state index contributed by atoms with van der Waals surface area (Å²) in [7, 11) is 0. The molecule has 1 heterocycles. The lowest BCUT2D eigenvalue weighted by molar-refractivity contribution is -0.198. The molecule has 6 heteroatoms. The topological polar surface area (TPSA) is 71.1 Å². The van der Waals surface area contributed by atoms with Gasteiger partial charge in [-0.05, 0) is 13.8 Å². The van der Waals surface area contributed by atoms with Crippen molar-refractivity contribution in [3.63, 3.8) is 0 Å². The Hall–Kier alpha value is -1.56. The second-order valence-corrected chi connectivity index (χ2v) is 4.60. The molecule has 0 aliphatic carbocycles. The van der Waals surface area contributed by atoms with E-state index < -0.39 is 30.3 Å². The van der Waals surface area contributed by atoms with Gasteiger partial charge in [0.05, 0.1) is 6.10 Å². The lowest BCUT2D eigenvalue weighted by Crippen LogP contribution is -2.52. The fourth-order valence-electron chi connectivity index (χ4n) is 1.84. The van der Waals surface area contributed by atoms with Gasteiger partial charge in [-0.15, -0.1) is 0 Å². The van der Waals surface area contributed by atoms with Gasteiger partial charge in [0.2, 0.25) is 0 Å². The summed E-state index contributed by atoms with van der Waals surface area (Å²) in [5.74, 6) is -0.625. The maximum absolute atomic E-state index is 11.1. The van der Waals surface area contributed by atoms with Crippen LogP contribution in [0.1, 0.15) is 27.7 Å². The number of hydrogen-bond donors (Lipinski definition) is 0. The second-order valence-electron chi connectivity index (χ2n) is 4.60. The zero-order valence-corrected chi connectivity index (χ0v) is 11.7. The summed E-state index contributed by atoms with van der Waals surface area (Å²) < 4.78 is 21.3. The van der Waals surface area contributed by atoms with Gasteiger partial charge < -0.3 is 18.9 Å². The normalized spacial score (nSPS) is 26.8. The molecule has 6 nitrogen and oxygen atoms in total. The molecule has 0 aromatic carbocycles. The van der Waals surface area contributed by atoms with Gasteiger partial charge in [-0.1, -0.05) is 6.58 Å². The summed E-state index contributed by atoms with van der Waals surface area (Å²) >= 11 is 0. The van der Waals surface area contributed by atoms with E-state index in [9.17, 15) is 9.59 Å². The minimum Gasteiger partial charge on any atom is -0.491 e. The highest BCUT2D eigenvalue weighted by Crippen LogP contribution is 2.26. The molecule has 1 aliphatic heterocycles. The van der Waals surface area contributed by atoms with Crippen LogP contribution < -0.4 is 0 Å². The summed E-state index contributed by atoms with van der Waals surface area (Å²) in [6.45, 7) is 10.1. The highest BCUT2D eigenvalue weighted by atomic mass is 16.6. The van der Waals surface area contributed by atoms with Gasteiger partial charge in [0.15, 0.2) is 12.2 Å². The van der Waals surface area contributed by atoms with E-state index in [1.807, 2.05) is 13.8 Å². The maximum atomic E-state index is 11.1.